The Kier molecular flexibility index (Phi) is 5.65. The van der Waals surface area contributed by atoms with Gasteiger partial charge in [0.2, 0.25) is 5.91 Å². The summed E-state index contributed by atoms with van der Waals surface area (Å²) in [6, 6.07) is 8.15. The highest BCUT2D eigenvalue weighted by Gasteiger charge is 2.22. The maximum atomic E-state index is 11.7. The minimum absolute atomic E-state index is 0.169. The van der Waals surface area contributed by atoms with Crippen molar-refractivity contribution in [1.82, 2.24) is 9.80 Å². The summed E-state index contributed by atoms with van der Waals surface area (Å²) in [5, 5.41) is 0. The molecule has 1 heterocycles. The molecule has 0 bridgehead atoms. The van der Waals surface area contributed by atoms with Gasteiger partial charge < -0.3 is 9.64 Å². The lowest BCUT2D eigenvalue weighted by molar-refractivity contribution is -0.130. The molecule has 1 aromatic rings. The van der Waals surface area contributed by atoms with Crippen LogP contribution < -0.4 is 4.74 Å². The number of rotatable bonds is 4. The Morgan fingerprint density at radius 3 is 2.45 bits per heavy atom. The summed E-state index contributed by atoms with van der Waals surface area (Å²) >= 11 is 2.29. The van der Waals surface area contributed by atoms with E-state index in [4.69, 9.17) is 4.74 Å². The van der Waals surface area contributed by atoms with Gasteiger partial charge in [0, 0.05) is 30.8 Å². The first kappa shape index (κ1) is 15.6. The number of hydrogen-bond acceptors (Lipinski definition) is 3. The van der Waals surface area contributed by atoms with Crippen molar-refractivity contribution >= 4 is 28.5 Å². The van der Waals surface area contributed by atoms with Crippen molar-refractivity contribution in [2.24, 2.45) is 0 Å². The summed E-state index contributed by atoms with van der Waals surface area (Å²) in [7, 11) is 3.60. The second-order valence-corrected chi connectivity index (χ2v) is 6.58. The molecule has 0 radical (unpaired) electrons. The lowest BCUT2D eigenvalue weighted by Gasteiger charge is -2.32. The summed E-state index contributed by atoms with van der Waals surface area (Å²) in [5.41, 5.74) is 0. The summed E-state index contributed by atoms with van der Waals surface area (Å²) in [4.78, 5) is 15.5. The molecular formula is C15H21IN2O2. The van der Waals surface area contributed by atoms with Gasteiger partial charge in [-0.25, -0.2) is 0 Å². The second kappa shape index (κ2) is 7.26. The van der Waals surface area contributed by atoms with Gasteiger partial charge in [-0.2, -0.15) is 0 Å². The Morgan fingerprint density at radius 2 is 1.90 bits per heavy atom. The molecule has 1 saturated heterocycles. The van der Waals surface area contributed by atoms with Crippen LogP contribution in [0.15, 0.2) is 24.3 Å². The third kappa shape index (κ3) is 4.63. The smallest absolute Gasteiger partial charge is 0.236 e. The van der Waals surface area contributed by atoms with E-state index in [1.807, 2.05) is 12.1 Å². The zero-order chi connectivity index (χ0) is 14.5. The molecule has 0 aliphatic carbocycles. The maximum Gasteiger partial charge on any atom is 0.236 e. The molecule has 0 atom stereocenters. The lowest BCUT2D eigenvalue weighted by Crippen LogP contribution is -2.43. The number of piperidine rings is 1. The minimum atomic E-state index is 0.169. The van der Waals surface area contributed by atoms with Crippen molar-refractivity contribution in [2.75, 3.05) is 33.7 Å². The monoisotopic (exact) mass is 388 g/mol. The molecule has 0 unspecified atom stereocenters. The quantitative estimate of drug-likeness (QED) is 0.742. The van der Waals surface area contributed by atoms with Crippen molar-refractivity contribution in [1.29, 1.82) is 0 Å². The summed E-state index contributed by atoms with van der Waals surface area (Å²) in [6.45, 7) is 2.37. The van der Waals surface area contributed by atoms with E-state index in [2.05, 4.69) is 39.6 Å². The third-order valence-electron chi connectivity index (χ3n) is 3.51. The van der Waals surface area contributed by atoms with Crippen LogP contribution in [0.1, 0.15) is 12.8 Å². The number of benzene rings is 1. The number of ether oxygens (including phenoxy) is 1. The summed E-state index contributed by atoms with van der Waals surface area (Å²) in [6.07, 6.45) is 2.22. The first-order valence-corrected chi connectivity index (χ1v) is 7.97. The average molecular weight is 388 g/mol. The van der Waals surface area contributed by atoms with Gasteiger partial charge in [0.05, 0.1) is 6.54 Å². The van der Waals surface area contributed by atoms with E-state index < -0.39 is 0 Å². The Bertz CT molecular complexity index is 440. The number of halogens is 1. The largest absolute Gasteiger partial charge is 0.490 e. The fraction of sp³-hybridized carbons (Fsp3) is 0.533. The van der Waals surface area contributed by atoms with Crippen LogP contribution >= 0.6 is 22.6 Å². The van der Waals surface area contributed by atoms with Crippen LogP contribution in [0.5, 0.6) is 5.75 Å². The van der Waals surface area contributed by atoms with Gasteiger partial charge in [0.25, 0.3) is 0 Å². The predicted octanol–water partition coefficient (Wildman–Crippen LogP) is 2.22. The molecule has 1 aliphatic heterocycles. The van der Waals surface area contributed by atoms with E-state index in [1.54, 1.807) is 19.0 Å². The fourth-order valence-corrected chi connectivity index (χ4v) is 2.58. The van der Waals surface area contributed by atoms with Crippen molar-refractivity contribution in [3.05, 3.63) is 27.8 Å². The molecule has 20 heavy (non-hydrogen) atoms. The second-order valence-electron chi connectivity index (χ2n) is 5.34. The first-order chi connectivity index (χ1) is 9.54. The van der Waals surface area contributed by atoms with Crippen LogP contribution in [0.4, 0.5) is 0 Å². The third-order valence-corrected chi connectivity index (χ3v) is 4.23. The van der Waals surface area contributed by atoms with Crippen LogP contribution in [0.3, 0.4) is 0 Å². The molecule has 0 N–H and O–H groups in total. The van der Waals surface area contributed by atoms with Crippen LogP contribution in [0, 0.1) is 3.57 Å². The van der Waals surface area contributed by atoms with E-state index >= 15 is 0 Å². The van der Waals surface area contributed by atoms with Crippen molar-refractivity contribution in [2.45, 2.75) is 18.9 Å². The number of hydrogen-bond donors (Lipinski definition) is 0. The SMILES string of the molecule is CN(C)C(=O)CN1CCC(Oc2ccc(I)cc2)CC1. The summed E-state index contributed by atoms with van der Waals surface area (Å²) < 4.78 is 7.20. The van der Waals surface area contributed by atoms with E-state index in [0.717, 1.165) is 31.7 Å². The molecule has 2 rings (SSSR count). The lowest BCUT2D eigenvalue weighted by atomic mass is 10.1. The molecule has 110 valence electrons. The molecule has 0 aromatic heterocycles. The van der Waals surface area contributed by atoms with Gasteiger partial charge in [0.1, 0.15) is 11.9 Å². The van der Waals surface area contributed by atoms with Crippen LogP contribution in [0.25, 0.3) is 0 Å². The number of amides is 1. The van der Waals surface area contributed by atoms with E-state index in [0.29, 0.717) is 6.54 Å². The molecule has 1 aliphatic rings. The van der Waals surface area contributed by atoms with Crippen LogP contribution in [-0.2, 0) is 4.79 Å². The van der Waals surface area contributed by atoms with Gasteiger partial charge in [-0.15, -0.1) is 0 Å². The molecule has 1 amide bonds. The van der Waals surface area contributed by atoms with Gasteiger partial charge in [-0.05, 0) is 59.7 Å². The highest BCUT2D eigenvalue weighted by Crippen LogP contribution is 2.20. The van der Waals surface area contributed by atoms with E-state index in [1.165, 1.54) is 3.57 Å². The Balaban J connectivity index is 1.77. The topological polar surface area (TPSA) is 32.8 Å². The number of likely N-dealkylation sites (tertiary alicyclic amines) is 1. The van der Waals surface area contributed by atoms with Gasteiger partial charge in [-0.3, -0.25) is 9.69 Å². The Hall–Kier alpha value is -0.820. The maximum absolute atomic E-state index is 11.7. The van der Waals surface area contributed by atoms with Crippen LogP contribution in [0.2, 0.25) is 0 Å². The molecule has 5 heteroatoms. The molecule has 1 aromatic carbocycles. The number of likely N-dealkylation sites (N-methyl/N-ethyl adjacent to an activating group) is 1. The summed E-state index contributed by atoms with van der Waals surface area (Å²) in [5.74, 6) is 1.11. The molecule has 0 saturated carbocycles. The fourth-order valence-electron chi connectivity index (χ4n) is 2.22. The first-order valence-electron chi connectivity index (χ1n) is 6.89. The molecule has 1 fully saturated rings. The predicted molar refractivity (Wildman–Crippen MR) is 87.9 cm³/mol. The highest BCUT2D eigenvalue weighted by atomic mass is 127. The van der Waals surface area contributed by atoms with Gasteiger partial charge in [-0.1, -0.05) is 0 Å². The number of nitrogens with zero attached hydrogens (tertiary/aromatic N) is 2. The van der Waals surface area contributed by atoms with Crippen LogP contribution in [-0.4, -0.2) is 55.5 Å². The molecule has 0 spiro atoms. The van der Waals surface area contributed by atoms with E-state index in [-0.39, 0.29) is 12.0 Å². The Labute approximate surface area is 134 Å². The normalized spacial score (nSPS) is 16.9. The standard InChI is InChI=1S/C15H21IN2O2/c1-17(2)15(19)11-18-9-7-14(8-10-18)20-13-5-3-12(16)4-6-13/h3-6,14H,7-11H2,1-2H3. The minimum Gasteiger partial charge on any atom is -0.490 e. The number of carbonyl (C=O) groups is 1. The van der Waals surface area contributed by atoms with Gasteiger partial charge >= 0.3 is 0 Å². The molecular weight excluding hydrogens is 367 g/mol. The van der Waals surface area contributed by atoms with E-state index in [9.17, 15) is 4.79 Å². The molecule has 4 nitrogen and oxygen atoms in total. The van der Waals surface area contributed by atoms with Crippen molar-refractivity contribution in [3.63, 3.8) is 0 Å². The highest BCUT2D eigenvalue weighted by molar-refractivity contribution is 14.1. The Morgan fingerprint density at radius 1 is 1.30 bits per heavy atom. The average Bonchev–Trinajstić information content (AvgIpc) is 2.43. The van der Waals surface area contributed by atoms with Crippen molar-refractivity contribution < 1.29 is 9.53 Å². The zero-order valence-electron chi connectivity index (χ0n) is 12.0. The number of carbonyl (C=O) groups excluding carboxylic acids is 1. The van der Waals surface area contributed by atoms with Crippen molar-refractivity contribution in [3.8, 4) is 5.75 Å². The van der Waals surface area contributed by atoms with Gasteiger partial charge in [0.15, 0.2) is 0 Å². The zero-order valence-corrected chi connectivity index (χ0v) is 14.2.